The van der Waals surface area contributed by atoms with Crippen molar-refractivity contribution in [3.63, 3.8) is 0 Å². The van der Waals surface area contributed by atoms with Crippen LogP contribution in [0, 0.1) is 0 Å². The van der Waals surface area contributed by atoms with E-state index in [4.69, 9.17) is 25.2 Å². The van der Waals surface area contributed by atoms with E-state index in [0.29, 0.717) is 19.6 Å². The summed E-state index contributed by atoms with van der Waals surface area (Å²) < 4.78 is 4.81. The van der Waals surface area contributed by atoms with Crippen LogP contribution in [0.1, 0.15) is 6.42 Å². The Labute approximate surface area is 72.2 Å². The van der Waals surface area contributed by atoms with Crippen LogP contribution in [0.15, 0.2) is 0 Å². The molecular weight excluding hydrogens is 164 g/mol. The lowest BCUT2D eigenvalue weighted by Gasteiger charge is -1.97. The Balaban J connectivity index is 0. The van der Waals surface area contributed by atoms with E-state index in [0.717, 1.165) is 0 Å². The van der Waals surface area contributed by atoms with Crippen LogP contribution >= 0.6 is 0 Å². The fraction of sp³-hybridized carbons (Fsp3) is 1.00. The second-order valence-electron chi connectivity index (χ2n) is 1.86. The van der Waals surface area contributed by atoms with Crippen molar-refractivity contribution in [1.29, 1.82) is 0 Å². The molecule has 0 atom stereocenters. The van der Waals surface area contributed by atoms with Gasteiger partial charge in [0.15, 0.2) is 0 Å². The lowest BCUT2D eigenvalue weighted by Crippen LogP contribution is -2.01. The van der Waals surface area contributed by atoms with E-state index in [-0.39, 0.29) is 26.4 Å². The minimum absolute atomic E-state index is 0.0609. The average molecular weight is 182 g/mol. The minimum atomic E-state index is -0.125. The van der Waals surface area contributed by atoms with Gasteiger partial charge in [-0.3, -0.25) is 0 Å². The van der Waals surface area contributed by atoms with E-state index >= 15 is 0 Å². The first-order valence-electron chi connectivity index (χ1n) is 3.84. The normalized spacial score (nSPS) is 9.00. The third-order valence-corrected chi connectivity index (χ3v) is 0.782. The van der Waals surface area contributed by atoms with Crippen molar-refractivity contribution in [1.82, 2.24) is 0 Å². The predicted molar refractivity (Wildman–Crippen MR) is 43.8 cm³/mol. The van der Waals surface area contributed by atoms with E-state index in [2.05, 4.69) is 0 Å². The molecule has 0 saturated carbocycles. The molecule has 0 aromatic heterocycles. The van der Waals surface area contributed by atoms with Gasteiger partial charge >= 0.3 is 0 Å². The zero-order valence-electron chi connectivity index (χ0n) is 7.15. The van der Waals surface area contributed by atoms with E-state index in [1.165, 1.54) is 0 Å². The molecule has 0 aliphatic rings. The second-order valence-corrected chi connectivity index (χ2v) is 1.86. The quantitative estimate of drug-likeness (QED) is 0.369. The third-order valence-electron chi connectivity index (χ3n) is 0.782. The number of ether oxygens (including phenoxy) is 1. The minimum Gasteiger partial charge on any atom is -0.396 e. The summed E-state index contributed by atoms with van der Waals surface area (Å²) >= 11 is 0. The van der Waals surface area contributed by atoms with Gasteiger partial charge in [0.05, 0.1) is 26.4 Å². The van der Waals surface area contributed by atoms with Crippen molar-refractivity contribution in [2.75, 3.05) is 39.6 Å². The highest BCUT2D eigenvalue weighted by molar-refractivity contribution is 4.30. The Morgan fingerprint density at radius 2 is 1.25 bits per heavy atom. The van der Waals surface area contributed by atoms with E-state index in [1.807, 2.05) is 0 Å². The Morgan fingerprint density at radius 1 is 0.667 bits per heavy atom. The molecule has 0 bridgehead atoms. The first-order chi connectivity index (χ1) is 5.83. The molecule has 0 amide bonds. The van der Waals surface area contributed by atoms with Gasteiger partial charge in [0.1, 0.15) is 0 Å². The molecule has 4 N–H and O–H groups in total. The fourth-order valence-corrected chi connectivity index (χ4v) is 0.333. The maximum absolute atomic E-state index is 8.22. The molecule has 0 aromatic rings. The third kappa shape index (κ3) is 22.6. The number of aliphatic hydroxyl groups excluding tert-OH is 4. The summed E-state index contributed by atoms with van der Waals surface area (Å²) in [6.45, 7) is 0.883. The Morgan fingerprint density at radius 3 is 1.58 bits per heavy atom. The van der Waals surface area contributed by atoms with Gasteiger partial charge in [-0.15, -0.1) is 0 Å². The van der Waals surface area contributed by atoms with Crippen molar-refractivity contribution in [2.45, 2.75) is 6.42 Å². The van der Waals surface area contributed by atoms with Gasteiger partial charge in [-0.2, -0.15) is 0 Å². The molecular formula is C7H18O5. The molecule has 0 rings (SSSR count). The van der Waals surface area contributed by atoms with Gasteiger partial charge < -0.3 is 25.2 Å². The van der Waals surface area contributed by atoms with Crippen LogP contribution in [-0.4, -0.2) is 60.1 Å². The zero-order valence-corrected chi connectivity index (χ0v) is 7.15. The van der Waals surface area contributed by atoms with E-state index < -0.39 is 0 Å². The first-order valence-corrected chi connectivity index (χ1v) is 3.84. The largest absolute Gasteiger partial charge is 0.396 e. The summed E-state index contributed by atoms with van der Waals surface area (Å²) in [6, 6.07) is 0. The monoisotopic (exact) mass is 182 g/mol. The zero-order chi connectivity index (χ0) is 9.66. The summed E-state index contributed by atoms with van der Waals surface area (Å²) in [5, 5.41) is 31.7. The van der Waals surface area contributed by atoms with E-state index in [1.54, 1.807) is 0 Å². The fourth-order valence-electron chi connectivity index (χ4n) is 0.333. The highest BCUT2D eigenvalue weighted by Gasteiger charge is 1.83. The van der Waals surface area contributed by atoms with Crippen LogP contribution in [-0.2, 0) is 4.74 Å². The predicted octanol–water partition coefficient (Wildman–Crippen LogP) is -1.65. The lowest BCUT2D eigenvalue weighted by molar-refractivity contribution is 0.0816. The lowest BCUT2D eigenvalue weighted by atomic mass is 10.5. The maximum atomic E-state index is 8.22. The molecule has 0 aliphatic carbocycles. The molecule has 12 heavy (non-hydrogen) atoms. The highest BCUT2D eigenvalue weighted by Crippen LogP contribution is 1.78. The van der Waals surface area contributed by atoms with Gasteiger partial charge in [-0.25, -0.2) is 0 Å². The van der Waals surface area contributed by atoms with Crippen LogP contribution < -0.4 is 0 Å². The van der Waals surface area contributed by atoms with E-state index in [9.17, 15) is 0 Å². The maximum Gasteiger partial charge on any atom is 0.0697 e. The molecule has 0 aliphatic heterocycles. The highest BCUT2D eigenvalue weighted by atomic mass is 16.5. The molecule has 5 nitrogen and oxygen atoms in total. The number of rotatable bonds is 6. The van der Waals surface area contributed by atoms with Crippen LogP contribution in [0.4, 0.5) is 0 Å². The molecule has 5 heteroatoms. The van der Waals surface area contributed by atoms with Crippen molar-refractivity contribution in [3.05, 3.63) is 0 Å². The number of hydrogen-bond acceptors (Lipinski definition) is 5. The van der Waals surface area contributed by atoms with Crippen LogP contribution in [0.5, 0.6) is 0 Å². The SMILES string of the molecule is OCCCOCCO.OCCO. The Bertz CT molecular complexity index is 51.8. The van der Waals surface area contributed by atoms with Crippen molar-refractivity contribution in [3.8, 4) is 0 Å². The molecule has 0 radical (unpaired) electrons. The molecule has 0 fully saturated rings. The topological polar surface area (TPSA) is 90.2 Å². The molecule has 0 aromatic carbocycles. The standard InChI is InChI=1S/C5H12O3.C2H6O2/c6-2-1-4-8-5-3-7;3-1-2-4/h6-7H,1-5H2;3-4H,1-2H2. The van der Waals surface area contributed by atoms with Gasteiger partial charge in [0.25, 0.3) is 0 Å². The second kappa shape index (κ2) is 17.0. The molecule has 76 valence electrons. The van der Waals surface area contributed by atoms with Gasteiger partial charge in [0.2, 0.25) is 0 Å². The summed E-state index contributed by atoms with van der Waals surface area (Å²) in [7, 11) is 0. The van der Waals surface area contributed by atoms with Crippen LogP contribution in [0.25, 0.3) is 0 Å². The van der Waals surface area contributed by atoms with Crippen LogP contribution in [0.3, 0.4) is 0 Å². The summed E-state index contributed by atoms with van der Waals surface area (Å²) in [5.74, 6) is 0. The molecule has 0 spiro atoms. The van der Waals surface area contributed by atoms with Crippen molar-refractivity contribution >= 4 is 0 Å². The molecule has 0 heterocycles. The number of hydrogen-bond donors (Lipinski definition) is 4. The summed E-state index contributed by atoms with van der Waals surface area (Å²) in [6.07, 6.45) is 0.653. The Kier molecular flexibility index (Phi) is 20.4. The smallest absolute Gasteiger partial charge is 0.0697 e. The van der Waals surface area contributed by atoms with Crippen molar-refractivity contribution in [2.24, 2.45) is 0 Å². The molecule has 0 unspecified atom stereocenters. The average Bonchev–Trinajstić information content (AvgIpc) is 2.13. The van der Waals surface area contributed by atoms with Gasteiger partial charge in [0, 0.05) is 13.2 Å². The number of aliphatic hydroxyl groups is 4. The Hall–Kier alpha value is -0.200. The summed E-state index contributed by atoms with van der Waals surface area (Å²) in [4.78, 5) is 0. The van der Waals surface area contributed by atoms with Crippen molar-refractivity contribution < 1.29 is 25.2 Å². The molecule has 0 saturated heterocycles. The van der Waals surface area contributed by atoms with Gasteiger partial charge in [-0.1, -0.05) is 0 Å². The summed E-state index contributed by atoms with van der Waals surface area (Å²) in [5.41, 5.74) is 0. The van der Waals surface area contributed by atoms with Crippen LogP contribution in [0.2, 0.25) is 0 Å². The first kappa shape index (κ1) is 14.3. The van der Waals surface area contributed by atoms with Gasteiger partial charge in [-0.05, 0) is 6.42 Å².